The highest BCUT2D eigenvalue weighted by atomic mass is 32.2. The highest BCUT2D eigenvalue weighted by molar-refractivity contribution is 7.89. The predicted octanol–water partition coefficient (Wildman–Crippen LogP) is 1.53. The highest BCUT2D eigenvalue weighted by Gasteiger charge is 2.37. The Morgan fingerprint density at radius 2 is 2.11 bits per heavy atom. The first-order valence-electron chi connectivity index (χ1n) is 6.95. The van der Waals surface area contributed by atoms with Crippen molar-refractivity contribution < 1.29 is 8.42 Å². The van der Waals surface area contributed by atoms with Crippen molar-refractivity contribution in [3.8, 4) is 0 Å². The first-order chi connectivity index (χ1) is 9.04. The average Bonchev–Trinajstić information content (AvgIpc) is 3.10. The summed E-state index contributed by atoms with van der Waals surface area (Å²) >= 11 is 0. The van der Waals surface area contributed by atoms with Gasteiger partial charge < -0.3 is 10.3 Å². The molecule has 0 atom stereocenters. The lowest BCUT2D eigenvalue weighted by molar-refractivity contribution is 0.421. The molecule has 0 aliphatic heterocycles. The monoisotopic (exact) mass is 285 g/mol. The second kappa shape index (κ2) is 5.64. The maximum Gasteiger partial charge on any atom is 0.244 e. The number of hydrogen-bond donors (Lipinski definition) is 1. The molecule has 108 valence electrons. The second-order valence-corrected chi connectivity index (χ2v) is 6.89. The van der Waals surface area contributed by atoms with Crippen LogP contribution in [-0.4, -0.2) is 29.9 Å². The first-order valence-corrected chi connectivity index (χ1v) is 8.39. The van der Waals surface area contributed by atoms with Gasteiger partial charge in [-0.2, -0.15) is 4.31 Å². The molecule has 6 heteroatoms. The summed E-state index contributed by atoms with van der Waals surface area (Å²) in [5.41, 5.74) is 6.57. The minimum atomic E-state index is -3.36. The zero-order chi connectivity index (χ0) is 14.0. The molecule has 0 saturated heterocycles. The fourth-order valence-electron chi connectivity index (χ4n) is 2.41. The largest absolute Gasteiger partial charge is 0.349 e. The predicted molar refractivity (Wildman–Crippen MR) is 75.2 cm³/mol. The van der Waals surface area contributed by atoms with Crippen molar-refractivity contribution in [3.05, 3.63) is 18.0 Å². The van der Waals surface area contributed by atoms with Gasteiger partial charge in [0.25, 0.3) is 0 Å². The van der Waals surface area contributed by atoms with E-state index in [4.69, 9.17) is 5.73 Å². The molecular formula is C13H23N3O2S. The summed E-state index contributed by atoms with van der Waals surface area (Å²) in [6.07, 6.45) is 4.65. The molecule has 2 N–H and O–H groups in total. The smallest absolute Gasteiger partial charge is 0.244 e. The number of aryl methyl sites for hydroxylation is 1. The van der Waals surface area contributed by atoms with Crippen molar-refractivity contribution in [3.63, 3.8) is 0 Å². The van der Waals surface area contributed by atoms with E-state index in [-0.39, 0.29) is 6.04 Å². The first kappa shape index (κ1) is 14.6. The maximum absolute atomic E-state index is 12.6. The lowest BCUT2D eigenvalue weighted by Crippen LogP contribution is -2.32. The molecule has 1 aliphatic carbocycles. The van der Waals surface area contributed by atoms with Gasteiger partial charge in [0.05, 0.1) is 0 Å². The van der Waals surface area contributed by atoms with Crippen molar-refractivity contribution in [1.29, 1.82) is 0 Å². The Kier molecular flexibility index (Phi) is 4.32. The minimum Gasteiger partial charge on any atom is -0.349 e. The molecule has 1 aromatic heterocycles. The molecule has 2 rings (SSSR count). The van der Waals surface area contributed by atoms with Crippen LogP contribution in [0.3, 0.4) is 0 Å². The molecule has 5 nitrogen and oxygen atoms in total. The molecule has 19 heavy (non-hydrogen) atoms. The third kappa shape index (κ3) is 2.85. The summed E-state index contributed by atoms with van der Waals surface area (Å²) < 4.78 is 28.8. The van der Waals surface area contributed by atoms with Crippen LogP contribution in [0.15, 0.2) is 17.2 Å². The van der Waals surface area contributed by atoms with Crippen LogP contribution in [0, 0.1) is 0 Å². The van der Waals surface area contributed by atoms with Crippen LogP contribution in [-0.2, 0) is 23.1 Å². The van der Waals surface area contributed by atoms with Crippen molar-refractivity contribution in [2.45, 2.75) is 57.1 Å². The molecule has 1 fully saturated rings. The third-order valence-electron chi connectivity index (χ3n) is 3.51. The lowest BCUT2D eigenvalue weighted by atomic mass is 10.4. The summed E-state index contributed by atoms with van der Waals surface area (Å²) in [4.78, 5) is 0.384. The molecule has 1 aliphatic rings. The molecule has 1 heterocycles. The van der Waals surface area contributed by atoms with Crippen molar-refractivity contribution in [2.75, 3.05) is 6.54 Å². The van der Waals surface area contributed by atoms with Gasteiger partial charge in [0.15, 0.2) is 0 Å². The van der Waals surface area contributed by atoms with Gasteiger partial charge in [-0.1, -0.05) is 13.8 Å². The average molecular weight is 285 g/mol. The van der Waals surface area contributed by atoms with E-state index in [0.29, 0.717) is 18.0 Å². The maximum atomic E-state index is 12.6. The third-order valence-corrected chi connectivity index (χ3v) is 5.50. The Bertz CT molecular complexity index is 532. The van der Waals surface area contributed by atoms with E-state index in [1.807, 2.05) is 11.5 Å². The summed E-state index contributed by atoms with van der Waals surface area (Å²) in [5.74, 6) is 0. The van der Waals surface area contributed by atoms with E-state index in [1.165, 1.54) is 0 Å². The van der Waals surface area contributed by atoms with Crippen LogP contribution in [0.25, 0.3) is 0 Å². The fraction of sp³-hybridized carbons (Fsp3) is 0.692. The summed E-state index contributed by atoms with van der Waals surface area (Å²) in [6, 6.07) is 1.92. The molecule has 0 radical (unpaired) electrons. The second-order valence-electron chi connectivity index (χ2n) is 5.00. The van der Waals surface area contributed by atoms with Gasteiger partial charge in [-0.05, 0) is 25.3 Å². The zero-order valence-electron chi connectivity index (χ0n) is 11.7. The number of sulfonamides is 1. The Balaban J connectivity index is 2.34. The molecular weight excluding hydrogens is 262 g/mol. The number of nitrogens with zero attached hydrogens (tertiary/aromatic N) is 2. The Hall–Kier alpha value is -0.850. The molecule has 0 spiro atoms. The lowest BCUT2D eigenvalue weighted by Gasteiger charge is -2.18. The van der Waals surface area contributed by atoms with Crippen LogP contribution in [0.1, 0.15) is 38.8 Å². The Labute approximate surface area is 115 Å². The van der Waals surface area contributed by atoms with Gasteiger partial charge in [-0.3, -0.25) is 0 Å². The van der Waals surface area contributed by atoms with Crippen molar-refractivity contribution >= 4 is 10.0 Å². The molecule has 0 bridgehead atoms. The van der Waals surface area contributed by atoms with Crippen LogP contribution >= 0.6 is 0 Å². The van der Waals surface area contributed by atoms with Crippen LogP contribution in [0.5, 0.6) is 0 Å². The Morgan fingerprint density at radius 1 is 1.42 bits per heavy atom. The van der Waals surface area contributed by atoms with E-state index in [1.54, 1.807) is 16.6 Å². The normalized spacial score (nSPS) is 16.2. The van der Waals surface area contributed by atoms with Gasteiger partial charge in [0.2, 0.25) is 10.0 Å². The molecule has 0 unspecified atom stereocenters. The van der Waals surface area contributed by atoms with Gasteiger partial charge >= 0.3 is 0 Å². The summed E-state index contributed by atoms with van der Waals surface area (Å²) in [5, 5.41) is 0. The van der Waals surface area contributed by atoms with E-state index >= 15 is 0 Å². The van der Waals surface area contributed by atoms with E-state index in [2.05, 4.69) is 6.92 Å². The van der Waals surface area contributed by atoms with Crippen LogP contribution < -0.4 is 5.73 Å². The fourth-order valence-corrected chi connectivity index (χ4v) is 4.17. The minimum absolute atomic E-state index is 0.200. The van der Waals surface area contributed by atoms with Crippen LogP contribution in [0.4, 0.5) is 0 Å². The van der Waals surface area contributed by atoms with Gasteiger partial charge in [0, 0.05) is 37.6 Å². The van der Waals surface area contributed by atoms with Crippen molar-refractivity contribution in [1.82, 2.24) is 8.87 Å². The van der Waals surface area contributed by atoms with E-state index in [9.17, 15) is 8.42 Å². The molecule has 1 aromatic rings. The highest BCUT2D eigenvalue weighted by Crippen LogP contribution is 2.32. The van der Waals surface area contributed by atoms with Gasteiger partial charge in [-0.15, -0.1) is 0 Å². The van der Waals surface area contributed by atoms with Gasteiger partial charge in [0.1, 0.15) is 4.90 Å². The number of rotatable bonds is 7. The van der Waals surface area contributed by atoms with E-state index < -0.39 is 10.0 Å². The number of nitrogens with two attached hydrogens (primary N) is 1. The Morgan fingerprint density at radius 3 is 2.58 bits per heavy atom. The van der Waals surface area contributed by atoms with Crippen molar-refractivity contribution in [2.24, 2.45) is 5.73 Å². The zero-order valence-corrected chi connectivity index (χ0v) is 12.5. The quantitative estimate of drug-likeness (QED) is 0.826. The SMILES string of the molecule is CCCn1cc(S(=O)(=O)N(CC)C2CC2)cc1CN. The molecule has 1 saturated carbocycles. The van der Waals surface area contributed by atoms with Gasteiger partial charge in [-0.25, -0.2) is 8.42 Å². The standard InChI is InChI=1S/C13H23N3O2S/c1-3-7-15-10-13(8-12(15)9-14)19(17,18)16(4-2)11-5-6-11/h8,10-11H,3-7,9,14H2,1-2H3. The molecule has 0 amide bonds. The summed E-state index contributed by atoms with van der Waals surface area (Å²) in [7, 11) is -3.36. The van der Waals surface area contributed by atoms with E-state index in [0.717, 1.165) is 31.5 Å². The topological polar surface area (TPSA) is 68.3 Å². The molecule has 0 aromatic carbocycles. The van der Waals surface area contributed by atoms with Crippen LogP contribution in [0.2, 0.25) is 0 Å². The number of aromatic nitrogens is 1. The summed E-state index contributed by atoms with van der Waals surface area (Å²) in [6.45, 7) is 5.66. The number of hydrogen-bond acceptors (Lipinski definition) is 3.